The Labute approximate surface area is 111 Å². The van der Waals surface area contributed by atoms with Crippen molar-refractivity contribution in [2.75, 3.05) is 5.32 Å². The Hall–Kier alpha value is -1.63. The zero-order valence-electron chi connectivity index (χ0n) is 9.88. The van der Waals surface area contributed by atoms with Crippen LogP contribution >= 0.6 is 11.3 Å². The highest BCUT2D eigenvalue weighted by Gasteiger charge is 2.21. The van der Waals surface area contributed by atoms with E-state index in [1.165, 1.54) is 11.3 Å². The van der Waals surface area contributed by atoms with Crippen molar-refractivity contribution in [2.45, 2.75) is 19.4 Å². The SMILES string of the molecule is CC(Cc1cccs1)Nc1c(F)c(F)nc(F)c1F. The van der Waals surface area contributed by atoms with Crippen LogP contribution in [-0.4, -0.2) is 11.0 Å². The van der Waals surface area contributed by atoms with E-state index in [0.29, 0.717) is 6.42 Å². The van der Waals surface area contributed by atoms with Crippen LogP contribution in [0.15, 0.2) is 17.5 Å². The molecule has 1 unspecified atom stereocenters. The van der Waals surface area contributed by atoms with Crippen molar-refractivity contribution in [1.29, 1.82) is 0 Å². The summed E-state index contributed by atoms with van der Waals surface area (Å²) in [5, 5.41) is 4.31. The van der Waals surface area contributed by atoms with Gasteiger partial charge in [-0.15, -0.1) is 11.3 Å². The van der Waals surface area contributed by atoms with Crippen molar-refractivity contribution in [1.82, 2.24) is 4.98 Å². The molecule has 0 spiro atoms. The lowest BCUT2D eigenvalue weighted by Crippen LogP contribution is -2.20. The highest BCUT2D eigenvalue weighted by Crippen LogP contribution is 2.23. The molecule has 0 saturated carbocycles. The fourth-order valence-corrected chi connectivity index (χ4v) is 2.48. The number of anilines is 1. The van der Waals surface area contributed by atoms with Crippen molar-refractivity contribution < 1.29 is 17.6 Å². The van der Waals surface area contributed by atoms with E-state index in [1.807, 2.05) is 17.5 Å². The first-order valence-electron chi connectivity index (χ1n) is 5.48. The van der Waals surface area contributed by atoms with Crippen molar-refractivity contribution in [3.63, 3.8) is 0 Å². The van der Waals surface area contributed by atoms with Crippen LogP contribution < -0.4 is 5.32 Å². The van der Waals surface area contributed by atoms with E-state index in [4.69, 9.17) is 0 Å². The molecule has 19 heavy (non-hydrogen) atoms. The summed E-state index contributed by atoms with van der Waals surface area (Å²) < 4.78 is 52.6. The minimum atomic E-state index is -1.66. The normalized spacial score (nSPS) is 12.5. The molecule has 0 aliphatic rings. The molecular formula is C12H10F4N2S. The number of nitrogens with one attached hydrogen (secondary N) is 1. The minimum absolute atomic E-state index is 0.385. The van der Waals surface area contributed by atoms with Crippen LogP contribution in [0.2, 0.25) is 0 Å². The first kappa shape index (κ1) is 13.8. The molecule has 2 heterocycles. The van der Waals surface area contributed by atoms with Gasteiger partial charge in [0.15, 0.2) is 0 Å². The molecule has 0 aliphatic heterocycles. The molecule has 0 radical (unpaired) electrons. The lowest BCUT2D eigenvalue weighted by atomic mass is 10.2. The summed E-state index contributed by atoms with van der Waals surface area (Å²) in [4.78, 5) is 3.49. The molecule has 0 fully saturated rings. The molecule has 1 atom stereocenters. The Morgan fingerprint density at radius 3 is 2.37 bits per heavy atom. The maximum atomic E-state index is 13.4. The molecule has 2 rings (SSSR count). The Bertz CT molecular complexity index is 545. The van der Waals surface area contributed by atoms with Crippen LogP contribution in [0.1, 0.15) is 11.8 Å². The molecule has 1 N–H and O–H groups in total. The van der Waals surface area contributed by atoms with Gasteiger partial charge < -0.3 is 5.32 Å². The average Bonchev–Trinajstić information content (AvgIpc) is 2.85. The average molecular weight is 290 g/mol. The number of hydrogen-bond acceptors (Lipinski definition) is 3. The Morgan fingerprint density at radius 2 is 1.84 bits per heavy atom. The van der Waals surface area contributed by atoms with Gasteiger partial charge in [-0.2, -0.15) is 22.5 Å². The van der Waals surface area contributed by atoms with Gasteiger partial charge in [-0.05, 0) is 18.4 Å². The molecule has 2 aromatic rings. The van der Waals surface area contributed by atoms with Gasteiger partial charge in [0.2, 0.25) is 11.6 Å². The monoisotopic (exact) mass is 290 g/mol. The number of halogens is 4. The zero-order chi connectivity index (χ0) is 14.0. The van der Waals surface area contributed by atoms with Crippen LogP contribution in [0.3, 0.4) is 0 Å². The van der Waals surface area contributed by atoms with Gasteiger partial charge in [0.05, 0.1) is 0 Å². The fourth-order valence-electron chi connectivity index (χ4n) is 1.64. The molecule has 0 bridgehead atoms. The summed E-state index contributed by atoms with van der Waals surface area (Å²) >= 11 is 1.49. The minimum Gasteiger partial charge on any atom is -0.377 e. The van der Waals surface area contributed by atoms with E-state index in [9.17, 15) is 17.6 Å². The van der Waals surface area contributed by atoms with Gasteiger partial charge in [0.25, 0.3) is 11.9 Å². The molecule has 0 saturated heterocycles. The summed E-state index contributed by atoms with van der Waals surface area (Å²) in [6.07, 6.45) is 0.488. The molecule has 102 valence electrons. The molecular weight excluding hydrogens is 280 g/mol. The third-order valence-electron chi connectivity index (χ3n) is 2.48. The quantitative estimate of drug-likeness (QED) is 0.685. The smallest absolute Gasteiger partial charge is 0.253 e. The topological polar surface area (TPSA) is 24.9 Å². The Kier molecular flexibility index (Phi) is 4.04. The van der Waals surface area contributed by atoms with E-state index in [0.717, 1.165) is 4.88 Å². The van der Waals surface area contributed by atoms with Crippen LogP contribution in [0.5, 0.6) is 0 Å². The fraction of sp³-hybridized carbons (Fsp3) is 0.250. The third kappa shape index (κ3) is 3.04. The van der Waals surface area contributed by atoms with Crippen LogP contribution in [0.4, 0.5) is 23.2 Å². The van der Waals surface area contributed by atoms with Gasteiger partial charge in [0.1, 0.15) is 5.69 Å². The molecule has 2 nitrogen and oxygen atoms in total. The second-order valence-corrected chi connectivity index (χ2v) is 5.06. The predicted molar refractivity (Wildman–Crippen MR) is 65.2 cm³/mol. The van der Waals surface area contributed by atoms with Crippen LogP contribution in [0.25, 0.3) is 0 Å². The van der Waals surface area contributed by atoms with E-state index in [1.54, 1.807) is 6.92 Å². The maximum Gasteiger partial charge on any atom is 0.253 e. The van der Waals surface area contributed by atoms with E-state index in [2.05, 4.69) is 10.3 Å². The summed E-state index contributed by atoms with van der Waals surface area (Å²) in [7, 11) is 0. The van der Waals surface area contributed by atoms with Gasteiger partial charge in [-0.3, -0.25) is 0 Å². The van der Waals surface area contributed by atoms with Gasteiger partial charge in [-0.25, -0.2) is 0 Å². The van der Waals surface area contributed by atoms with Crippen molar-refractivity contribution in [3.8, 4) is 0 Å². The van der Waals surface area contributed by atoms with E-state index >= 15 is 0 Å². The van der Waals surface area contributed by atoms with Crippen molar-refractivity contribution in [2.24, 2.45) is 0 Å². The van der Waals surface area contributed by atoms with Crippen LogP contribution in [-0.2, 0) is 6.42 Å². The number of hydrogen-bond donors (Lipinski definition) is 1. The largest absolute Gasteiger partial charge is 0.377 e. The predicted octanol–water partition coefficient (Wildman–Crippen LogP) is 3.74. The maximum absolute atomic E-state index is 13.4. The van der Waals surface area contributed by atoms with Gasteiger partial charge >= 0.3 is 0 Å². The van der Waals surface area contributed by atoms with Crippen molar-refractivity contribution >= 4 is 17.0 Å². The number of nitrogens with zero attached hydrogens (tertiary/aromatic N) is 1. The lowest BCUT2D eigenvalue weighted by Gasteiger charge is -2.15. The second kappa shape index (κ2) is 5.56. The molecule has 7 heteroatoms. The van der Waals surface area contributed by atoms with Crippen molar-refractivity contribution in [3.05, 3.63) is 45.9 Å². The van der Waals surface area contributed by atoms with E-state index < -0.39 is 29.2 Å². The summed E-state index contributed by atoms with van der Waals surface area (Å²) in [5.74, 6) is -6.36. The Morgan fingerprint density at radius 1 is 1.21 bits per heavy atom. The number of rotatable bonds is 4. The highest BCUT2D eigenvalue weighted by molar-refractivity contribution is 7.09. The third-order valence-corrected chi connectivity index (χ3v) is 3.37. The van der Waals surface area contributed by atoms with E-state index in [-0.39, 0.29) is 6.04 Å². The summed E-state index contributed by atoms with van der Waals surface area (Å²) in [6.45, 7) is 1.66. The van der Waals surface area contributed by atoms with Crippen LogP contribution in [0, 0.1) is 23.5 Å². The lowest BCUT2D eigenvalue weighted by molar-refractivity contribution is 0.409. The number of aromatic nitrogens is 1. The zero-order valence-corrected chi connectivity index (χ0v) is 10.7. The molecule has 0 amide bonds. The first-order chi connectivity index (χ1) is 8.99. The summed E-state index contributed by atoms with van der Waals surface area (Å²) in [6, 6.07) is 3.33. The highest BCUT2D eigenvalue weighted by atomic mass is 32.1. The van der Waals surface area contributed by atoms with Gasteiger partial charge in [-0.1, -0.05) is 6.07 Å². The number of thiophene rings is 1. The standard InChI is InChI=1S/C12H10F4N2S/c1-6(5-7-3-2-4-19-7)17-10-8(13)11(15)18-12(16)9(10)14/h2-4,6H,5H2,1H3,(H,17,18). The number of pyridine rings is 1. The first-order valence-corrected chi connectivity index (χ1v) is 6.36. The molecule has 2 aromatic heterocycles. The molecule has 0 aliphatic carbocycles. The Balaban J connectivity index is 2.19. The van der Waals surface area contributed by atoms with Gasteiger partial charge in [0, 0.05) is 17.3 Å². The second-order valence-electron chi connectivity index (χ2n) is 4.03. The molecule has 0 aromatic carbocycles. The summed E-state index contributed by atoms with van der Waals surface area (Å²) in [5.41, 5.74) is -0.825.